The maximum atomic E-state index is 10.2. The highest BCUT2D eigenvalue weighted by Crippen LogP contribution is 2.38. The highest BCUT2D eigenvalue weighted by Gasteiger charge is 2.44. The minimum Gasteiger partial charge on any atom is -0.493 e. The van der Waals surface area contributed by atoms with E-state index in [4.69, 9.17) is 23.7 Å². The quantitative estimate of drug-likeness (QED) is 0.436. The Labute approximate surface area is 186 Å². The van der Waals surface area contributed by atoms with Crippen LogP contribution in [0.2, 0.25) is 0 Å². The molecule has 0 unspecified atom stereocenters. The van der Waals surface area contributed by atoms with Crippen LogP contribution in [0.5, 0.6) is 23.0 Å². The van der Waals surface area contributed by atoms with Gasteiger partial charge in [-0.1, -0.05) is 12.1 Å². The summed E-state index contributed by atoms with van der Waals surface area (Å²) in [4.78, 5) is 0. The Bertz CT molecular complexity index is 861. The van der Waals surface area contributed by atoms with Crippen molar-refractivity contribution in [1.82, 2.24) is 0 Å². The second-order valence-corrected chi connectivity index (χ2v) is 7.50. The number of aliphatic hydroxyl groups excluding tert-OH is 4. The third kappa shape index (κ3) is 5.25. The van der Waals surface area contributed by atoms with Crippen molar-refractivity contribution in [1.29, 1.82) is 0 Å². The summed E-state index contributed by atoms with van der Waals surface area (Å²) in [6, 6.07) is 11.1. The summed E-state index contributed by atoms with van der Waals surface area (Å²) in [5, 5.41) is 39.3. The van der Waals surface area contributed by atoms with Crippen LogP contribution in [-0.4, -0.2) is 79.1 Å². The van der Waals surface area contributed by atoms with Gasteiger partial charge in [0.25, 0.3) is 0 Å². The standard InChI is InChI=1S/C23H30O9/c1-28-16-10-14(11-17(29-2)22(16)30-3)8-7-13-5-4-6-15(9-13)31-23-21(27)20(26)19(25)18(12-24)32-23/h4-6,9-11,18-21,23-27H,7-8,12H2,1-3H3/t18-,19-,20+,21-,23-/m1/s1. The van der Waals surface area contributed by atoms with Gasteiger partial charge in [0, 0.05) is 0 Å². The number of aryl methyl sites for hydroxylation is 2. The number of benzene rings is 2. The van der Waals surface area contributed by atoms with Crippen molar-refractivity contribution in [3.8, 4) is 23.0 Å². The highest BCUT2D eigenvalue weighted by molar-refractivity contribution is 5.54. The van der Waals surface area contributed by atoms with Gasteiger partial charge in [-0.15, -0.1) is 0 Å². The van der Waals surface area contributed by atoms with E-state index < -0.39 is 37.3 Å². The Hall–Kier alpha value is -2.56. The Balaban J connectivity index is 1.69. The molecule has 1 aliphatic rings. The van der Waals surface area contributed by atoms with Gasteiger partial charge in [0.2, 0.25) is 12.0 Å². The lowest BCUT2D eigenvalue weighted by atomic mass is 9.99. The Kier molecular flexibility index (Phi) is 8.16. The average molecular weight is 450 g/mol. The fourth-order valence-electron chi connectivity index (χ4n) is 3.64. The van der Waals surface area contributed by atoms with Crippen molar-refractivity contribution in [3.63, 3.8) is 0 Å². The lowest BCUT2D eigenvalue weighted by Crippen LogP contribution is -2.60. The van der Waals surface area contributed by atoms with Crippen LogP contribution in [0.15, 0.2) is 36.4 Å². The monoisotopic (exact) mass is 450 g/mol. The second kappa shape index (κ2) is 10.8. The molecule has 0 radical (unpaired) electrons. The first-order valence-electron chi connectivity index (χ1n) is 10.3. The van der Waals surface area contributed by atoms with Gasteiger partial charge in [-0.3, -0.25) is 0 Å². The van der Waals surface area contributed by atoms with Gasteiger partial charge in [-0.2, -0.15) is 0 Å². The van der Waals surface area contributed by atoms with Crippen LogP contribution < -0.4 is 18.9 Å². The lowest BCUT2D eigenvalue weighted by molar-refractivity contribution is -0.277. The molecule has 176 valence electrons. The molecule has 0 aromatic heterocycles. The van der Waals surface area contributed by atoms with Gasteiger partial charge in [0.15, 0.2) is 11.5 Å². The predicted molar refractivity (Wildman–Crippen MR) is 114 cm³/mol. The number of ether oxygens (including phenoxy) is 5. The van der Waals surface area contributed by atoms with Crippen molar-refractivity contribution in [2.24, 2.45) is 0 Å². The van der Waals surface area contributed by atoms with Crippen molar-refractivity contribution >= 4 is 0 Å². The maximum Gasteiger partial charge on any atom is 0.229 e. The van der Waals surface area contributed by atoms with E-state index in [0.29, 0.717) is 35.8 Å². The molecule has 2 aromatic carbocycles. The molecule has 0 saturated carbocycles. The normalized spacial score (nSPS) is 25.3. The van der Waals surface area contributed by atoms with E-state index in [9.17, 15) is 20.4 Å². The zero-order valence-corrected chi connectivity index (χ0v) is 18.3. The molecule has 0 spiro atoms. The molecule has 1 fully saturated rings. The van der Waals surface area contributed by atoms with Crippen LogP contribution in [-0.2, 0) is 17.6 Å². The number of hydrogen-bond donors (Lipinski definition) is 4. The highest BCUT2D eigenvalue weighted by atomic mass is 16.7. The first-order chi connectivity index (χ1) is 15.4. The van der Waals surface area contributed by atoms with E-state index in [0.717, 1.165) is 11.1 Å². The van der Waals surface area contributed by atoms with E-state index >= 15 is 0 Å². The fourth-order valence-corrected chi connectivity index (χ4v) is 3.64. The summed E-state index contributed by atoms with van der Waals surface area (Å²) in [7, 11) is 4.70. The number of aliphatic hydroxyl groups is 4. The second-order valence-electron chi connectivity index (χ2n) is 7.50. The zero-order chi connectivity index (χ0) is 23.3. The summed E-state index contributed by atoms with van der Waals surface area (Å²) in [5.41, 5.74) is 1.97. The van der Waals surface area contributed by atoms with Crippen LogP contribution in [0, 0.1) is 0 Å². The van der Waals surface area contributed by atoms with Crippen molar-refractivity contribution in [2.75, 3.05) is 27.9 Å². The summed E-state index contributed by atoms with van der Waals surface area (Å²) < 4.78 is 27.3. The van der Waals surface area contributed by atoms with Gasteiger partial charge in [-0.25, -0.2) is 0 Å². The third-order valence-electron chi connectivity index (χ3n) is 5.43. The third-order valence-corrected chi connectivity index (χ3v) is 5.43. The summed E-state index contributed by atoms with van der Waals surface area (Å²) in [6.07, 6.45) is -5.26. The Morgan fingerprint density at radius 2 is 1.47 bits per heavy atom. The molecule has 4 N–H and O–H groups in total. The van der Waals surface area contributed by atoms with Gasteiger partial charge < -0.3 is 44.1 Å². The fraction of sp³-hybridized carbons (Fsp3) is 0.478. The molecule has 5 atom stereocenters. The van der Waals surface area contributed by atoms with Crippen LogP contribution in [0.25, 0.3) is 0 Å². The van der Waals surface area contributed by atoms with E-state index in [1.807, 2.05) is 24.3 Å². The first kappa shape index (κ1) is 24.1. The molecule has 2 aromatic rings. The Morgan fingerprint density at radius 1 is 0.812 bits per heavy atom. The van der Waals surface area contributed by atoms with Crippen LogP contribution in [0.4, 0.5) is 0 Å². The molecular formula is C23H30O9. The summed E-state index contributed by atoms with van der Waals surface area (Å²) in [5.74, 6) is 2.13. The van der Waals surface area contributed by atoms with Crippen molar-refractivity contribution in [3.05, 3.63) is 47.5 Å². The number of methoxy groups -OCH3 is 3. The molecule has 9 heteroatoms. The predicted octanol–water partition coefficient (Wildman–Crippen LogP) is 0.676. The van der Waals surface area contributed by atoms with E-state index in [2.05, 4.69) is 0 Å². The lowest BCUT2D eigenvalue weighted by Gasteiger charge is -2.39. The van der Waals surface area contributed by atoms with Gasteiger partial charge in [0.05, 0.1) is 27.9 Å². The topological polar surface area (TPSA) is 127 Å². The van der Waals surface area contributed by atoms with Crippen molar-refractivity contribution < 1.29 is 44.1 Å². The molecule has 1 saturated heterocycles. The van der Waals surface area contributed by atoms with Crippen LogP contribution >= 0.6 is 0 Å². The minimum atomic E-state index is -1.49. The molecule has 0 amide bonds. The molecule has 1 heterocycles. The first-order valence-corrected chi connectivity index (χ1v) is 10.3. The zero-order valence-electron chi connectivity index (χ0n) is 18.3. The Morgan fingerprint density at radius 3 is 2.06 bits per heavy atom. The molecule has 3 rings (SSSR count). The summed E-state index contributed by atoms with van der Waals surface area (Å²) >= 11 is 0. The van der Waals surface area contributed by atoms with Gasteiger partial charge in [0.1, 0.15) is 30.2 Å². The van der Waals surface area contributed by atoms with Crippen LogP contribution in [0.3, 0.4) is 0 Å². The molecule has 0 aliphatic carbocycles. The van der Waals surface area contributed by atoms with Gasteiger partial charge >= 0.3 is 0 Å². The van der Waals surface area contributed by atoms with Crippen molar-refractivity contribution in [2.45, 2.75) is 43.5 Å². The average Bonchev–Trinajstić information content (AvgIpc) is 2.82. The van der Waals surface area contributed by atoms with E-state index in [-0.39, 0.29) is 0 Å². The SMILES string of the molecule is COc1cc(CCc2cccc(O[C@@H]3O[C@H](CO)[C@@H](O)[C@H](O)[C@H]3O)c2)cc(OC)c1OC. The molecule has 32 heavy (non-hydrogen) atoms. The number of hydrogen-bond acceptors (Lipinski definition) is 9. The molecule has 1 aliphatic heterocycles. The molecular weight excluding hydrogens is 420 g/mol. The molecule has 0 bridgehead atoms. The van der Waals surface area contributed by atoms with Gasteiger partial charge in [-0.05, 0) is 48.2 Å². The van der Waals surface area contributed by atoms with E-state index in [1.54, 1.807) is 33.5 Å². The number of rotatable bonds is 9. The smallest absolute Gasteiger partial charge is 0.229 e. The minimum absolute atomic E-state index is 0.428. The molecule has 9 nitrogen and oxygen atoms in total. The van der Waals surface area contributed by atoms with E-state index in [1.165, 1.54) is 0 Å². The largest absolute Gasteiger partial charge is 0.493 e. The van der Waals surface area contributed by atoms with Crippen LogP contribution in [0.1, 0.15) is 11.1 Å². The summed E-state index contributed by atoms with van der Waals surface area (Å²) in [6.45, 7) is -0.514. The maximum absolute atomic E-state index is 10.2.